The summed E-state index contributed by atoms with van der Waals surface area (Å²) in [6, 6.07) is 19.8. The molecule has 2 fully saturated rings. The number of anilines is 2. The predicted octanol–water partition coefficient (Wildman–Crippen LogP) is 4.85. The van der Waals surface area contributed by atoms with Gasteiger partial charge in [0.1, 0.15) is 34.9 Å². The summed E-state index contributed by atoms with van der Waals surface area (Å²) in [6.07, 6.45) is 2.43. The van der Waals surface area contributed by atoms with Crippen LogP contribution in [-0.4, -0.2) is 109 Å². The maximum Gasteiger partial charge on any atom is 0.274 e. The molecule has 6 heterocycles. The van der Waals surface area contributed by atoms with Crippen molar-refractivity contribution in [3.63, 3.8) is 0 Å². The van der Waals surface area contributed by atoms with Crippen LogP contribution in [0.15, 0.2) is 90.7 Å². The molecule has 0 saturated carbocycles. The lowest BCUT2D eigenvalue weighted by Crippen LogP contribution is -2.58. The van der Waals surface area contributed by atoms with E-state index in [1.807, 2.05) is 69.6 Å². The number of benzene rings is 2. The number of pyridine rings is 1. The van der Waals surface area contributed by atoms with E-state index in [4.69, 9.17) is 4.74 Å². The van der Waals surface area contributed by atoms with Crippen molar-refractivity contribution in [1.29, 1.82) is 0 Å². The van der Waals surface area contributed by atoms with E-state index in [1.54, 1.807) is 64.8 Å². The quantitative estimate of drug-likeness (QED) is 0.106. The largest absolute Gasteiger partial charge is 0.494 e. The topological polar surface area (TPSA) is 213 Å². The molecule has 2 aliphatic heterocycles. The molecule has 0 spiro atoms. The summed E-state index contributed by atoms with van der Waals surface area (Å²) in [5, 5.41) is 30.9. The number of aryl methyl sites for hydroxylation is 1. The van der Waals surface area contributed by atoms with Crippen LogP contribution in [0.5, 0.6) is 5.75 Å². The number of nitrogens with one attached hydrogen (secondary N) is 4. The number of aromatic nitrogens is 6. The molecule has 4 amide bonds. The highest BCUT2D eigenvalue weighted by Gasteiger charge is 2.45. The van der Waals surface area contributed by atoms with Crippen LogP contribution in [0, 0.1) is 12.3 Å². The van der Waals surface area contributed by atoms with Crippen LogP contribution in [0.4, 0.5) is 11.4 Å². The van der Waals surface area contributed by atoms with Gasteiger partial charge in [-0.1, -0.05) is 51.1 Å². The van der Waals surface area contributed by atoms with Crippen LogP contribution in [0.1, 0.15) is 65.5 Å². The van der Waals surface area contributed by atoms with Gasteiger partial charge in [0.05, 0.1) is 46.7 Å². The number of hydrogen-bond acceptors (Lipinski definition) is 12. The van der Waals surface area contributed by atoms with E-state index in [-0.39, 0.29) is 42.8 Å². The minimum absolute atomic E-state index is 0.0338. The number of aliphatic hydroxyl groups is 1. The van der Waals surface area contributed by atoms with Crippen molar-refractivity contribution < 1.29 is 29.0 Å². The Morgan fingerprint density at radius 3 is 2.48 bits per heavy atom. The van der Waals surface area contributed by atoms with E-state index in [2.05, 4.69) is 46.1 Å². The van der Waals surface area contributed by atoms with Gasteiger partial charge in [-0.05, 0) is 59.9 Å². The van der Waals surface area contributed by atoms with Crippen molar-refractivity contribution in [1.82, 2.24) is 45.5 Å². The Hall–Kier alpha value is -6.92. The lowest BCUT2D eigenvalue weighted by atomic mass is 9.85. The fourth-order valence-electron chi connectivity index (χ4n) is 7.86. The Bertz CT molecular complexity index is 2610. The van der Waals surface area contributed by atoms with Gasteiger partial charge in [0.15, 0.2) is 0 Å². The second-order valence-electron chi connectivity index (χ2n) is 16.8. The summed E-state index contributed by atoms with van der Waals surface area (Å²) in [4.78, 5) is 68.4. The lowest BCUT2D eigenvalue weighted by molar-refractivity contribution is -0.142. The summed E-state index contributed by atoms with van der Waals surface area (Å²) in [7, 11) is 1.53. The predicted molar refractivity (Wildman–Crippen MR) is 237 cm³/mol. The molecule has 0 bridgehead atoms. The van der Waals surface area contributed by atoms with E-state index in [9.17, 15) is 24.3 Å². The molecular formula is C45H49N11O6S. The van der Waals surface area contributed by atoms with E-state index in [1.165, 1.54) is 12.0 Å². The average molecular weight is 872 g/mol. The Morgan fingerprint density at radius 1 is 0.984 bits per heavy atom. The maximum atomic E-state index is 14.3. The first-order valence-electron chi connectivity index (χ1n) is 20.6. The summed E-state index contributed by atoms with van der Waals surface area (Å²) in [6.45, 7) is 8.77. The number of aromatic amines is 1. The fraction of sp³-hybridized carbons (Fsp3) is 0.333. The fourth-order valence-corrected chi connectivity index (χ4v) is 8.68. The number of hydrogen-bond donors (Lipinski definition) is 5. The van der Waals surface area contributed by atoms with Crippen LogP contribution in [0.3, 0.4) is 0 Å². The molecule has 63 heavy (non-hydrogen) atoms. The molecule has 2 saturated heterocycles. The zero-order valence-corrected chi connectivity index (χ0v) is 36.3. The zero-order chi connectivity index (χ0) is 44.4. The first kappa shape index (κ1) is 42.8. The van der Waals surface area contributed by atoms with E-state index < -0.39 is 41.3 Å². The van der Waals surface area contributed by atoms with Crippen LogP contribution >= 0.6 is 11.3 Å². The molecule has 2 aromatic carbocycles. The van der Waals surface area contributed by atoms with Crippen LogP contribution in [0.25, 0.3) is 21.8 Å². The Morgan fingerprint density at radius 2 is 1.78 bits per heavy atom. The van der Waals surface area contributed by atoms with E-state index >= 15 is 0 Å². The molecule has 8 rings (SSSR count). The molecule has 4 aromatic heterocycles. The smallest absolute Gasteiger partial charge is 0.274 e. The number of carbonyl (C=O) groups excluding carboxylic acids is 4. The third-order valence-corrected chi connectivity index (χ3v) is 12.3. The van der Waals surface area contributed by atoms with Gasteiger partial charge in [-0.3, -0.25) is 29.0 Å². The van der Waals surface area contributed by atoms with Crippen molar-refractivity contribution in [2.24, 2.45) is 5.41 Å². The second-order valence-corrected chi connectivity index (χ2v) is 17.6. The summed E-state index contributed by atoms with van der Waals surface area (Å²) < 4.78 is 7.31. The summed E-state index contributed by atoms with van der Waals surface area (Å²) in [5.41, 5.74) is 6.98. The van der Waals surface area contributed by atoms with Crippen LogP contribution in [0.2, 0.25) is 0 Å². The number of aliphatic hydroxyl groups excluding tert-OH is 1. The third kappa shape index (κ3) is 9.17. The average Bonchev–Trinajstić information content (AvgIpc) is 4.10. The number of rotatable bonds is 13. The highest BCUT2D eigenvalue weighted by atomic mass is 32.1. The highest BCUT2D eigenvalue weighted by molar-refractivity contribution is 7.13. The molecule has 17 nitrogen and oxygen atoms in total. The minimum atomic E-state index is -1.02. The van der Waals surface area contributed by atoms with Gasteiger partial charge in [0.2, 0.25) is 11.8 Å². The van der Waals surface area contributed by atoms with Gasteiger partial charge in [-0.2, -0.15) is 10.2 Å². The number of H-pyrrole nitrogens is 1. The molecule has 0 radical (unpaired) electrons. The zero-order valence-electron chi connectivity index (χ0n) is 35.5. The first-order chi connectivity index (χ1) is 30.3. The molecule has 3 atom stereocenters. The number of carbonyl (C=O) groups is 4. The van der Waals surface area contributed by atoms with Crippen molar-refractivity contribution in [3.8, 4) is 27.6 Å². The van der Waals surface area contributed by atoms with Crippen molar-refractivity contribution >= 4 is 46.3 Å². The summed E-state index contributed by atoms with van der Waals surface area (Å²) >= 11 is 1.57. The molecule has 0 unspecified atom stereocenters. The Labute approximate surface area is 367 Å². The van der Waals surface area contributed by atoms with Crippen molar-refractivity contribution in [2.45, 2.75) is 64.9 Å². The molecule has 326 valence electrons. The van der Waals surface area contributed by atoms with Crippen LogP contribution in [-0.2, 0) is 16.1 Å². The number of nitrogens with zero attached hydrogens (tertiary/aromatic N) is 7. The normalized spacial score (nSPS) is 16.9. The minimum Gasteiger partial charge on any atom is -0.494 e. The number of amides is 4. The number of ether oxygens (including phenoxy) is 1. The Balaban J connectivity index is 0.886. The van der Waals surface area contributed by atoms with Gasteiger partial charge < -0.3 is 35.6 Å². The highest BCUT2D eigenvalue weighted by Crippen LogP contribution is 2.35. The van der Waals surface area contributed by atoms with Gasteiger partial charge in [-0.15, -0.1) is 11.3 Å². The van der Waals surface area contributed by atoms with Gasteiger partial charge in [-0.25, -0.2) is 9.97 Å². The van der Waals surface area contributed by atoms with E-state index in [0.717, 1.165) is 27.4 Å². The molecule has 0 aliphatic carbocycles. The lowest BCUT2D eigenvalue weighted by Gasteiger charge is -2.41. The second kappa shape index (κ2) is 17.8. The van der Waals surface area contributed by atoms with Gasteiger partial charge >= 0.3 is 0 Å². The SMILES string of the molecule is COc1cc(N2CC(n3nccc3C(=O)N[C@H](C(=O)N3C[C@H](O)C[C@H]3C(=O)NCc3ccc(-c4scnc4C)cc3)C(C)(C)C)C2)ccc1NC(=O)c1cccc(-c2cc[nH]n2)n1. The molecule has 6 aromatic rings. The first-order valence-corrected chi connectivity index (χ1v) is 21.5. The molecular weight excluding hydrogens is 823 g/mol. The number of methoxy groups -OCH3 is 1. The molecule has 18 heteroatoms. The van der Waals surface area contributed by atoms with E-state index in [0.29, 0.717) is 35.9 Å². The van der Waals surface area contributed by atoms with Crippen molar-refractivity contribution in [3.05, 3.63) is 113 Å². The molecule has 5 N–H and O–H groups in total. The number of β-amino-alcohol motifs (C(OH)–C–C–N with tert-alkyl or cyclic N) is 1. The monoisotopic (exact) mass is 871 g/mol. The number of likely N-dealkylation sites (tertiary alicyclic amines) is 1. The molecule has 2 aliphatic rings. The standard InChI is InChI=1S/C45H49N11O6S/c1-26-39(63-25-47-26)28-11-9-27(10-12-28)21-46-42(59)37-20-31(57)24-55(37)44(61)40(45(2,3)4)52-43(60)36-16-18-49-56(36)30-22-54(23-30)29-13-14-34(38(19-29)62-5)51-41(58)35-8-6-7-32(50-35)33-15-17-48-53-33/h6-19,25,30-31,37,40,57H,20-24H2,1-5H3,(H,46,59)(H,48,53)(H,51,58)(H,52,60)/t31-,37+,40-/m1/s1. The maximum absolute atomic E-state index is 14.3. The van der Waals surface area contributed by atoms with Crippen LogP contribution < -0.4 is 25.6 Å². The summed E-state index contributed by atoms with van der Waals surface area (Å²) in [5.74, 6) is -1.26. The van der Waals surface area contributed by atoms with Crippen molar-refractivity contribution in [2.75, 3.05) is 37.0 Å². The third-order valence-electron chi connectivity index (χ3n) is 11.3. The van der Waals surface area contributed by atoms with Gasteiger partial charge in [0, 0.05) is 56.7 Å². The van der Waals surface area contributed by atoms with Gasteiger partial charge in [0.25, 0.3) is 11.8 Å². The Kier molecular flexibility index (Phi) is 12.1. The number of thiazole rings is 1.